The molecule has 0 bridgehead atoms. The maximum absolute atomic E-state index is 5.64. The zero-order valence-corrected chi connectivity index (χ0v) is 15.2. The molecule has 2 aromatic rings. The predicted molar refractivity (Wildman–Crippen MR) is 104 cm³/mol. The number of rotatable bonds is 4. The molecular formula is C19H19N3O3S. The summed E-state index contributed by atoms with van der Waals surface area (Å²) in [7, 11) is 1.66. The van der Waals surface area contributed by atoms with E-state index in [4.69, 9.17) is 14.2 Å². The number of hydrogen-bond donors (Lipinski definition) is 1. The largest absolute Gasteiger partial charge is 0.497 e. The van der Waals surface area contributed by atoms with Crippen LogP contribution in [0.25, 0.3) is 0 Å². The Balaban J connectivity index is 1.41. The van der Waals surface area contributed by atoms with Crippen LogP contribution in [0.4, 0.5) is 0 Å². The summed E-state index contributed by atoms with van der Waals surface area (Å²) in [6.07, 6.45) is 0. The van der Waals surface area contributed by atoms with Gasteiger partial charge in [-0.2, -0.15) is 5.10 Å². The number of fused-ring (bicyclic) bond motifs is 1. The van der Waals surface area contributed by atoms with Gasteiger partial charge in [0.1, 0.15) is 19.0 Å². The Morgan fingerprint density at radius 2 is 1.92 bits per heavy atom. The summed E-state index contributed by atoms with van der Waals surface area (Å²) >= 11 is 1.64. The third-order valence-corrected chi connectivity index (χ3v) is 4.98. The average molecular weight is 369 g/mol. The molecule has 6 nitrogen and oxygen atoms in total. The second-order valence-electron chi connectivity index (χ2n) is 5.79. The van der Waals surface area contributed by atoms with Gasteiger partial charge in [0, 0.05) is 11.3 Å². The molecule has 2 heterocycles. The smallest absolute Gasteiger partial charge is 0.177 e. The lowest BCUT2D eigenvalue weighted by Crippen LogP contribution is -2.25. The van der Waals surface area contributed by atoms with Crippen molar-refractivity contribution >= 4 is 22.6 Å². The van der Waals surface area contributed by atoms with Crippen LogP contribution in [0.15, 0.2) is 52.6 Å². The van der Waals surface area contributed by atoms with Crippen LogP contribution >= 0.6 is 11.8 Å². The van der Waals surface area contributed by atoms with Crippen LogP contribution in [-0.2, 0) is 6.54 Å². The van der Waals surface area contributed by atoms with Gasteiger partial charge in [0.2, 0.25) is 0 Å². The minimum absolute atomic E-state index is 0.581. The van der Waals surface area contributed by atoms with Crippen molar-refractivity contribution in [2.45, 2.75) is 6.54 Å². The van der Waals surface area contributed by atoms with E-state index in [1.165, 1.54) is 0 Å². The summed E-state index contributed by atoms with van der Waals surface area (Å²) in [6, 6.07) is 13.8. The molecule has 0 aliphatic carbocycles. The molecule has 0 saturated carbocycles. The molecule has 0 unspecified atom stereocenters. The number of ether oxygens (including phenoxy) is 3. The molecule has 2 aliphatic rings. The van der Waals surface area contributed by atoms with Gasteiger partial charge in [-0.05, 0) is 35.9 Å². The standard InChI is InChI=1S/C19H19N3O3S/c1-23-15-5-2-13(3-6-15)11-20-19-22-21-16(12-26-19)14-4-7-17-18(10-14)25-9-8-24-17/h2-7,10H,8-9,11-12H2,1H3,(H,20,22). The molecule has 0 spiro atoms. The lowest BCUT2D eigenvalue weighted by Gasteiger charge is -2.20. The van der Waals surface area contributed by atoms with E-state index in [9.17, 15) is 0 Å². The van der Waals surface area contributed by atoms with Crippen molar-refractivity contribution in [3.05, 3.63) is 53.6 Å². The average Bonchev–Trinajstić information content (AvgIpc) is 2.72. The Morgan fingerprint density at radius 3 is 2.65 bits per heavy atom. The summed E-state index contributed by atoms with van der Waals surface area (Å²) in [4.78, 5) is 4.58. The fourth-order valence-corrected chi connectivity index (χ4v) is 3.43. The van der Waals surface area contributed by atoms with E-state index in [0.29, 0.717) is 19.8 Å². The number of benzene rings is 2. The van der Waals surface area contributed by atoms with E-state index in [2.05, 4.69) is 15.5 Å². The number of amidine groups is 1. The van der Waals surface area contributed by atoms with Gasteiger partial charge in [-0.25, -0.2) is 0 Å². The highest BCUT2D eigenvalue weighted by molar-refractivity contribution is 8.14. The molecule has 0 atom stereocenters. The van der Waals surface area contributed by atoms with Crippen molar-refractivity contribution in [1.29, 1.82) is 0 Å². The predicted octanol–water partition coefficient (Wildman–Crippen LogP) is 3.06. The number of hydrogen-bond acceptors (Lipinski definition) is 6. The second-order valence-corrected chi connectivity index (χ2v) is 6.75. The van der Waals surface area contributed by atoms with Crippen LogP contribution in [0, 0.1) is 0 Å². The highest BCUT2D eigenvalue weighted by atomic mass is 32.2. The highest BCUT2D eigenvalue weighted by Gasteiger charge is 2.17. The molecule has 0 saturated heterocycles. The van der Waals surface area contributed by atoms with Crippen molar-refractivity contribution in [2.24, 2.45) is 10.1 Å². The molecule has 2 aliphatic heterocycles. The van der Waals surface area contributed by atoms with E-state index < -0.39 is 0 Å². The summed E-state index contributed by atoms with van der Waals surface area (Å²) in [6.45, 7) is 1.78. The van der Waals surface area contributed by atoms with E-state index >= 15 is 0 Å². The van der Waals surface area contributed by atoms with Crippen molar-refractivity contribution in [2.75, 3.05) is 26.1 Å². The first kappa shape index (κ1) is 16.8. The monoisotopic (exact) mass is 369 g/mol. The summed E-state index contributed by atoms with van der Waals surface area (Å²) in [5.41, 5.74) is 6.17. The van der Waals surface area contributed by atoms with Gasteiger partial charge < -0.3 is 14.2 Å². The molecule has 7 heteroatoms. The normalized spacial score (nSPS) is 17.4. The van der Waals surface area contributed by atoms with Crippen molar-refractivity contribution in [3.63, 3.8) is 0 Å². The molecule has 0 radical (unpaired) electrons. The maximum atomic E-state index is 5.64. The first-order chi connectivity index (χ1) is 12.8. The van der Waals surface area contributed by atoms with E-state index in [-0.39, 0.29) is 0 Å². The number of nitrogens with one attached hydrogen (secondary N) is 1. The Labute approximate surface area is 156 Å². The number of thioether (sulfide) groups is 1. The molecule has 134 valence electrons. The van der Waals surface area contributed by atoms with E-state index in [0.717, 1.165) is 45.0 Å². The molecular weight excluding hydrogens is 350 g/mol. The first-order valence-electron chi connectivity index (χ1n) is 8.34. The highest BCUT2D eigenvalue weighted by Crippen LogP contribution is 2.31. The van der Waals surface area contributed by atoms with E-state index in [1.54, 1.807) is 18.9 Å². The lowest BCUT2D eigenvalue weighted by atomic mass is 10.1. The van der Waals surface area contributed by atoms with Gasteiger partial charge in [0.25, 0.3) is 0 Å². The number of aliphatic imine (C=N–C) groups is 1. The van der Waals surface area contributed by atoms with Gasteiger partial charge in [-0.3, -0.25) is 10.4 Å². The zero-order valence-electron chi connectivity index (χ0n) is 14.4. The van der Waals surface area contributed by atoms with Gasteiger partial charge in [0.05, 0.1) is 19.4 Å². The molecule has 0 fully saturated rings. The molecule has 2 aromatic carbocycles. The van der Waals surface area contributed by atoms with Crippen LogP contribution in [0.3, 0.4) is 0 Å². The number of hydrazone groups is 1. The topological polar surface area (TPSA) is 64.4 Å². The fourth-order valence-electron chi connectivity index (χ4n) is 2.66. The van der Waals surface area contributed by atoms with Crippen molar-refractivity contribution in [1.82, 2.24) is 5.43 Å². The minimum Gasteiger partial charge on any atom is -0.497 e. The van der Waals surface area contributed by atoms with Gasteiger partial charge in [-0.15, -0.1) is 0 Å². The van der Waals surface area contributed by atoms with Crippen LogP contribution in [0.1, 0.15) is 11.1 Å². The third-order valence-electron chi connectivity index (χ3n) is 4.07. The summed E-state index contributed by atoms with van der Waals surface area (Å²) in [5, 5.41) is 5.29. The fraction of sp³-hybridized carbons (Fsp3) is 0.263. The van der Waals surface area contributed by atoms with Gasteiger partial charge in [-0.1, -0.05) is 23.9 Å². The second kappa shape index (κ2) is 7.70. The minimum atomic E-state index is 0.581. The zero-order chi connectivity index (χ0) is 17.8. The Morgan fingerprint density at radius 1 is 1.12 bits per heavy atom. The van der Waals surface area contributed by atoms with Crippen molar-refractivity contribution in [3.8, 4) is 17.2 Å². The van der Waals surface area contributed by atoms with Crippen LogP contribution in [0.2, 0.25) is 0 Å². The van der Waals surface area contributed by atoms with Crippen molar-refractivity contribution < 1.29 is 14.2 Å². The molecule has 0 aromatic heterocycles. The molecule has 26 heavy (non-hydrogen) atoms. The first-order valence-corrected chi connectivity index (χ1v) is 9.33. The van der Waals surface area contributed by atoms with Gasteiger partial charge in [0.15, 0.2) is 16.7 Å². The SMILES string of the molecule is COc1ccc(CN=C2NN=C(c3ccc4c(c3)OCCO4)CS2)cc1. The molecule has 0 amide bonds. The van der Waals surface area contributed by atoms with Gasteiger partial charge >= 0.3 is 0 Å². The number of methoxy groups -OCH3 is 1. The molecule has 4 rings (SSSR count). The lowest BCUT2D eigenvalue weighted by molar-refractivity contribution is 0.171. The third kappa shape index (κ3) is 3.77. The number of nitrogens with zero attached hydrogens (tertiary/aromatic N) is 2. The van der Waals surface area contributed by atoms with Crippen LogP contribution in [-0.4, -0.2) is 37.0 Å². The van der Waals surface area contributed by atoms with E-state index in [1.807, 2.05) is 42.5 Å². The Hall–Kier alpha value is -2.67. The summed E-state index contributed by atoms with van der Waals surface area (Å²) in [5.74, 6) is 3.17. The quantitative estimate of drug-likeness (QED) is 0.897. The Bertz CT molecular complexity index is 850. The maximum Gasteiger partial charge on any atom is 0.177 e. The molecule has 1 N–H and O–H groups in total. The van der Waals surface area contributed by atoms with Crippen LogP contribution < -0.4 is 19.6 Å². The Kier molecular flexibility index (Phi) is 4.97. The summed E-state index contributed by atoms with van der Waals surface area (Å²) < 4.78 is 16.4. The van der Waals surface area contributed by atoms with Crippen LogP contribution in [0.5, 0.6) is 17.2 Å².